The van der Waals surface area contributed by atoms with Crippen molar-refractivity contribution in [3.8, 4) is 11.5 Å². The van der Waals surface area contributed by atoms with Gasteiger partial charge in [-0.05, 0) is 25.1 Å². The van der Waals surface area contributed by atoms with Crippen LogP contribution in [0.5, 0.6) is 11.5 Å². The highest BCUT2D eigenvalue weighted by Crippen LogP contribution is 2.36. The van der Waals surface area contributed by atoms with Crippen LogP contribution in [0.1, 0.15) is 18.1 Å². The summed E-state index contributed by atoms with van der Waals surface area (Å²) < 4.78 is 5.20. The minimum atomic E-state index is -0.688. The van der Waals surface area contributed by atoms with Crippen molar-refractivity contribution < 1.29 is 14.8 Å². The molecular weight excluding hydrogens is 369 g/mol. The number of phenolic OH excluding ortho intramolecular Hbond substituents is 1. The molecule has 0 saturated carbocycles. The average molecular weight is 384 g/mol. The molecule has 2 rings (SSSR count). The van der Waals surface area contributed by atoms with Gasteiger partial charge >= 0.3 is 5.69 Å². The molecule has 25 heavy (non-hydrogen) atoms. The van der Waals surface area contributed by atoms with Crippen LogP contribution in [0.3, 0.4) is 0 Å². The minimum Gasteiger partial charge on any atom is -0.500 e. The Morgan fingerprint density at radius 2 is 2.04 bits per heavy atom. The number of nitro groups is 1. The van der Waals surface area contributed by atoms with Crippen LogP contribution in [0, 0.1) is 10.1 Å². The first kappa shape index (κ1) is 18.8. The lowest BCUT2D eigenvalue weighted by Crippen LogP contribution is -2.07. The maximum absolute atomic E-state index is 11.0. The quantitative estimate of drug-likeness (QED) is 0.425. The lowest BCUT2D eigenvalue weighted by atomic mass is 10.2. The average Bonchev–Trinajstić information content (AvgIpc) is 2.56. The molecule has 0 heterocycles. The smallest absolute Gasteiger partial charge is 0.315 e. The number of nitrogens with one attached hydrogen (secondary N) is 1. The highest BCUT2D eigenvalue weighted by Gasteiger charge is 2.19. The van der Waals surface area contributed by atoms with Crippen molar-refractivity contribution in [2.24, 2.45) is 5.10 Å². The summed E-state index contributed by atoms with van der Waals surface area (Å²) in [6.45, 7) is 2.25. The van der Waals surface area contributed by atoms with E-state index in [0.29, 0.717) is 21.2 Å². The van der Waals surface area contributed by atoms with E-state index in [-0.39, 0.29) is 18.9 Å². The number of nitro benzene ring substituents is 1. The van der Waals surface area contributed by atoms with Crippen LogP contribution >= 0.6 is 23.2 Å². The Labute approximate surface area is 154 Å². The Kier molecular flexibility index (Phi) is 6.44. The molecule has 9 heteroatoms. The molecule has 0 aromatic heterocycles. The molecule has 0 amide bonds. The first-order valence-electron chi connectivity index (χ1n) is 7.27. The van der Waals surface area contributed by atoms with Gasteiger partial charge in [0.05, 0.1) is 24.3 Å². The van der Waals surface area contributed by atoms with Crippen LogP contribution < -0.4 is 10.2 Å². The van der Waals surface area contributed by atoms with Crippen molar-refractivity contribution in [1.82, 2.24) is 5.43 Å². The van der Waals surface area contributed by atoms with Crippen molar-refractivity contribution >= 4 is 35.1 Å². The predicted molar refractivity (Wildman–Crippen MR) is 96.8 cm³/mol. The molecule has 0 spiro atoms. The van der Waals surface area contributed by atoms with Crippen molar-refractivity contribution in [1.29, 1.82) is 0 Å². The van der Waals surface area contributed by atoms with Gasteiger partial charge in [0.1, 0.15) is 0 Å². The highest BCUT2D eigenvalue weighted by molar-refractivity contribution is 6.35. The number of phenols is 1. The van der Waals surface area contributed by atoms with Crippen LogP contribution in [-0.4, -0.2) is 22.9 Å². The SMILES string of the molecule is CCOc1cc(/C=N\NCc2c(Cl)cccc2Cl)cc([N+](=O)[O-])c1O. The van der Waals surface area contributed by atoms with Crippen molar-refractivity contribution in [3.05, 3.63) is 61.6 Å². The molecule has 7 nitrogen and oxygen atoms in total. The second-order valence-electron chi connectivity index (χ2n) is 4.87. The number of nitrogens with zero attached hydrogens (tertiary/aromatic N) is 2. The van der Waals surface area contributed by atoms with E-state index in [4.69, 9.17) is 27.9 Å². The van der Waals surface area contributed by atoms with E-state index >= 15 is 0 Å². The fourth-order valence-electron chi connectivity index (χ4n) is 2.04. The van der Waals surface area contributed by atoms with Crippen molar-refractivity contribution in [2.45, 2.75) is 13.5 Å². The predicted octanol–water partition coefficient (Wildman–Crippen LogP) is 4.13. The number of hydrogen-bond acceptors (Lipinski definition) is 6. The Balaban J connectivity index is 2.16. The third-order valence-electron chi connectivity index (χ3n) is 3.20. The van der Waals surface area contributed by atoms with Crippen molar-refractivity contribution in [2.75, 3.05) is 6.61 Å². The molecule has 0 fully saturated rings. The van der Waals surface area contributed by atoms with E-state index in [9.17, 15) is 15.2 Å². The van der Waals surface area contributed by atoms with Gasteiger partial charge in [-0.15, -0.1) is 0 Å². The summed E-state index contributed by atoms with van der Waals surface area (Å²) in [7, 11) is 0. The van der Waals surface area contributed by atoms with E-state index in [1.807, 2.05) is 0 Å². The van der Waals surface area contributed by atoms with Gasteiger partial charge in [-0.1, -0.05) is 29.3 Å². The van der Waals surface area contributed by atoms with Gasteiger partial charge in [0, 0.05) is 27.2 Å². The van der Waals surface area contributed by atoms with Crippen LogP contribution in [0.15, 0.2) is 35.4 Å². The Morgan fingerprint density at radius 3 is 2.64 bits per heavy atom. The summed E-state index contributed by atoms with van der Waals surface area (Å²) >= 11 is 12.1. The van der Waals surface area contributed by atoms with Gasteiger partial charge < -0.3 is 15.3 Å². The third-order valence-corrected chi connectivity index (χ3v) is 3.90. The summed E-state index contributed by atoms with van der Waals surface area (Å²) in [5.41, 5.74) is 3.40. The summed E-state index contributed by atoms with van der Waals surface area (Å²) in [6, 6.07) is 7.82. The van der Waals surface area contributed by atoms with Gasteiger partial charge in [-0.2, -0.15) is 5.10 Å². The van der Waals surface area contributed by atoms with Gasteiger partial charge in [-0.25, -0.2) is 0 Å². The summed E-state index contributed by atoms with van der Waals surface area (Å²) in [5, 5.41) is 25.9. The molecule has 132 valence electrons. The number of hydrogen-bond donors (Lipinski definition) is 2. The Bertz CT molecular complexity index is 792. The highest BCUT2D eigenvalue weighted by atomic mass is 35.5. The number of ether oxygens (including phenoxy) is 1. The molecule has 0 aliphatic rings. The number of rotatable bonds is 7. The van der Waals surface area contributed by atoms with Gasteiger partial charge in [0.25, 0.3) is 0 Å². The summed E-state index contributed by atoms with van der Waals surface area (Å²) in [6.07, 6.45) is 1.37. The van der Waals surface area contributed by atoms with Crippen LogP contribution in [-0.2, 0) is 6.54 Å². The zero-order valence-corrected chi connectivity index (χ0v) is 14.7. The van der Waals surface area contributed by atoms with Gasteiger partial charge in [-0.3, -0.25) is 10.1 Å². The molecular formula is C16H15Cl2N3O4. The molecule has 0 aliphatic heterocycles. The second kappa shape index (κ2) is 8.55. The first-order valence-corrected chi connectivity index (χ1v) is 8.02. The van der Waals surface area contributed by atoms with Crippen LogP contribution in [0.4, 0.5) is 5.69 Å². The number of aromatic hydroxyl groups is 1. The zero-order chi connectivity index (χ0) is 18.4. The molecule has 2 N–H and O–H groups in total. The first-order chi connectivity index (χ1) is 11.9. The number of hydrazone groups is 1. The fraction of sp³-hybridized carbons (Fsp3) is 0.188. The van der Waals surface area contributed by atoms with Gasteiger partial charge in [0.15, 0.2) is 5.75 Å². The molecule has 0 aliphatic carbocycles. The monoisotopic (exact) mass is 383 g/mol. The zero-order valence-electron chi connectivity index (χ0n) is 13.2. The molecule has 0 bridgehead atoms. The molecule has 0 atom stereocenters. The lowest BCUT2D eigenvalue weighted by Gasteiger charge is -2.08. The molecule has 0 radical (unpaired) electrons. The van der Waals surface area contributed by atoms with E-state index in [1.54, 1.807) is 25.1 Å². The minimum absolute atomic E-state index is 0.0206. The lowest BCUT2D eigenvalue weighted by molar-refractivity contribution is -0.386. The summed E-state index contributed by atoms with van der Waals surface area (Å²) in [5.74, 6) is -0.493. The number of halogens is 2. The van der Waals surface area contributed by atoms with Crippen LogP contribution in [0.25, 0.3) is 0 Å². The molecule has 0 unspecified atom stereocenters. The Morgan fingerprint density at radius 1 is 1.36 bits per heavy atom. The second-order valence-corrected chi connectivity index (χ2v) is 5.68. The number of benzene rings is 2. The standard InChI is InChI=1S/C16H15Cl2N3O4/c1-2-25-15-7-10(6-14(16(15)22)21(23)24)8-19-20-9-11-12(17)4-3-5-13(11)18/h3-8,20,22H,2,9H2,1H3/b19-8-. The molecule has 2 aromatic rings. The largest absolute Gasteiger partial charge is 0.500 e. The van der Waals surface area contributed by atoms with E-state index < -0.39 is 16.4 Å². The van der Waals surface area contributed by atoms with E-state index in [2.05, 4.69) is 10.5 Å². The van der Waals surface area contributed by atoms with Crippen LogP contribution in [0.2, 0.25) is 10.0 Å². The normalized spacial score (nSPS) is 10.8. The fourth-order valence-corrected chi connectivity index (χ4v) is 2.57. The third kappa shape index (κ3) is 4.74. The van der Waals surface area contributed by atoms with Crippen molar-refractivity contribution in [3.63, 3.8) is 0 Å². The van der Waals surface area contributed by atoms with E-state index in [1.165, 1.54) is 18.3 Å². The molecule has 0 saturated heterocycles. The topological polar surface area (TPSA) is 97.0 Å². The summed E-state index contributed by atoms with van der Waals surface area (Å²) in [4.78, 5) is 10.3. The van der Waals surface area contributed by atoms with E-state index in [0.717, 1.165) is 0 Å². The van der Waals surface area contributed by atoms with Gasteiger partial charge in [0.2, 0.25) is 5.75 Å². The Hall–Kier alpha value is -2.51. The maximum atomic E-state index is 11.0. The maximum Gasteiger partial charge on any atom is 0.315 e. The molecule has 2 aromatic carbocycles.